The average molecular weight is 557 g/mol. The maximum atomic E-state index is 12.4. The van der Waals surface area contributed by atoms with Crippen LogP contribution in [0.3, 0.4) is 0 Å². The zero-order valence-corrected chi connectivity index (χ0v) is 21.9. The van der Waals surface area contributed by atoms with Crippen LogP contribution in [0.15, 0.2) is 6.33 Å². The van der Waals surface area contributed by atoms with Crippen LogP contribution in [0.2, 0.25) is 0 Å². The summed E-state index contributed by atoms with van der Waals surface area (Å²) in [6.07, 6.45) is -2.54. The molecule has 214 valence electrons. The number of carbonyl (C=O) groups is 3. The van der Waals surface area contributed by atoms with Crippen LogP contribution in [0.25, 0.3) is 11.2 Å². The topological polar surface area (TPSA) is 207 Å². The Labute approximate surface area is 229 Å². The van der Waals surface area contributed by atoms with E-state index in [0.29, 0.717) is 39.0 Å². The second-order valence-electron chi connectivity index (χ2n) is 9.97. The molecule has 0 radical (unpaired) electrons. The van der Waals surface area contributed by atoms with E-state index in [2.05, 4.69) is 37.4 Å². The fourth-order valence-corrected chi connectivity index (χ4v) is 5.04. The maximum Gasteiger partial charge on any atom is 0.410 e. The second kappa shape index (κ2) is 11.6. The summed E-state index contributed by atoms with van der Waals surface area (Å²) >= 11 is 0. The summed E-state index contributed by atoms with van der Waals surface area (Å²) in [5.74, 6) is 5.71. The van der Waals surface area contributed by atoms with E-state index in [4.69, 9.17) is 15.2 Å². The third-order valence-corrected chi connectivity index (χ3v) is 7.28. The van der Waals surface area contributed by atoms with Gasteiger partial charge in [-0.15, -0.1) is 0 Å². The van der Waals surface area contributed by atoms with Crippen molar-refractivity contribution in [3.63, 3.8) is 0 Å². The van der Waals surface area contributed by atoms with E-state index in [-0.39, 0.29) is 34.6 Å². The van der Waals surface area contributed by atoms with Gasteiger partial charge in [0.25, 0.3) is 11.8 Å². The molecule has 2 aromatic rings. The summed E-state index contributed by atoms with van der Waals surface area (Å²) in [6, 6.07) is 0. The van der Waals surface area contributed by atoms with Crippen LogP contribution in [0, 0.1) is 17.8 Å². The first kappa shape index (κ1) is 27.6. The highest BCUT2D eigenvalue weighted by molar-refractivity contribution is 5.85. The molecule has 0 spiro atoms. The summed E-state index contributed by atoms with van der Waals surface area (Å²) in [4.78, 5) is 50.7. The summed E-state index contributed by atoms with van der Waals surface area (Å²) in [5, 5.41) is 26.2. The summed E-state index contributed by atoms with van der Waals surface area (Å²) in [6.45, 7) is 3.62. The number of ether oxygens (including phenoxy) is 2. The van der Waals surface area contributed by atoms with Crippen LogP contribution < -0.4 is 16.4 Å². The van der Waals surface area contributed by atoms with Gasteiger partial charge in [0.2, 0.25) is 5.82 Å². The maximum absolute atomic E-state index is 12.4. The van der Waals surface area contributed by atoms with Gasteiger partial charge in [0.1, 0.15) is 17.7 Å². The van der Waals surface area contributed by atoms with E-state index in [0.717, 1.165) is 12.8 Å². The zero-order chi connectivity index (χ0) is 28.4. The van der Waals surface area contributed by atoms with Crippen molar-refractivity contribution in [2.45, 2.75) is 63.3 Å². The Kier molecular flexibility index (Phi) is 8.01. The Morgan fingerprint density at radius 2 is 2.02 bits per heavy atom. The van der Waals surface area contributed by atoms with Gasteiger partial charge in [-0.3, -0.25) is 14.2 Å². The number of nitrogens with two attached hydrogens (primary N) is 1. The highest BCUT2D eigenvalue weighted by atomic mass is 16.6. The first-order valence-electron chi connectivity index (χ1n) is 13.3. The third kappa shape index (κ3) is 5.51. The van der Waals surface area contributed by atoms with Crippen LogP contribution in [0.4, 0.5) is 10.6 Å². The Hall–Kier alpha value is -4.00. The van der Waals surface area contributed by atoms with Crippen LogP contribution in [0.1, 0.15) is 44.7 Å². The van der Waals surface area contributed by atoms with Crippen LogP contribution >= 0.6 is 0 Å². The predicted octanol–water partition coefficient (Wildman–Crippen LogP) is -1.36. The molecule has 0 aliphatic carbocycles. The molecule has 0 saturated carbocycles. The van der Waals surface area contributed by atoms with Crippen molar-refractivity contribution in [1.29, 1.82) is 0 Å². The number of likely N-dealkylation sites (tertiary alicyclic amines) is 1. The van der Waals surface area contributed by atoms with Crippen molar-refractivity contribution >= 4 is 34.9 Å². The van der Waals surface area contributed by atoms with Crippen molar-refractivity contribution < 1.29 is 34.1 Å². The molecule has 1 unspecified atom stereocenters. The number of hydrogen-bond acceptors (Lipinski definition) is 11. The number of likely N-dealkylation sites (N-methyl/N-ethyl adjacent to an activating group) is 1. The van der Waals surface area contributed by atoms with Gasteiger partial charge in [0.15, 0.2) is 29.9 Å². The molecule has 5 atom stereocenters. The van der Waals surface area contributed by atoms with Gasteiger partial charge in [0, 0.05) is 39.0 Å². The molecule has 5 rings (SSSR count). The molecule has 15 heteroatoms. The van der Waals surface area contributed by atoms with Gasteiger partial charge >= 0.3 is 6.09 Å². The number of nitrogen functional groups attached to an aromatic ring is 1. The van der Waals surface area contributed by atoms with E-state index in [1.165, 1.54) is 10.9 Å². The van der Waals surface area contributed by atoms with Crippen molar-refractivity contribution in [3.05, 3.63) is 12.2 Å². The number of hydrogen-bond donors (Lipinski definition) is 5. The van der Waals surface area contributed by atoms with Gasteiger partial charge in [-0.25, -0.2) is 19.7 Å². The van der Waals surface area contributed by atoms with Crippen molar-refractivity contribution in [2.24, 2.45) is 5.92 Å². The molecule has 40 heavy (non-hydrogen) atoms. The Balaban J connectivity index is 1.21. The minimum absolute atomic E-state index is 0.0872. The van der Waals surface area contributed by atoms with E-state index in [9.17, 15) is 24.6 Å². The summed E-state index contributed by atoms with van der Waals surface area (Å²) in [7, 11) is 0. The highest BCUT2D eigenvalue weighted by Crippen LogP contribution is 2.32. The second-order valence-corrected chi connectivity index (χ2v) is 9.97. The summed E-state index contributed by atoms with van der Waals surface area (Å²) in [5.41, 5.74) is 6.60. The lowest BCUT2D eigenvalue weighted by Gasteiger charge is -2.31. The molecular weight excluding hydrogens is 524 g/mol. The minimum atomic E-state index is -1.44. The quantitative estimate of drug-likeness (QED) is 0.272. The molecule has 3 aliphatic heterocycles. The van der Waals surface area contributed by atoms with Gasteiger partial charge in [0.05, 0.1) is 6.33 Å². The molecule has 3 saturated heterocycles. The largest absolute Gasteiger partial charge is 0.436 e. The minimum Gasteiger partial charge on any atom is -0.436 e. The number of aliphatic hydroxyl groups is 2. The smallest absolute Gasteiger partial charge is 0.410 e. The van der Waals surface area contributed by atoms with Crippen LogP contribution in [0.5, 0.6) is 0 Å². The lowest BCUT2D eigenvalue weighted by atomic mass is 9.94. The molecule has 5 heterocycles. The van der Waals surface area contributed by atoms with Gasteiger partial charge in [-0.05, 0) is 31.6 Å². The average Bonchev–Trinajstić information content (AvgIpc) is 3.62. The molecule has 0 aromatic carbocycles. The number of rotatable bonds is 5. The highest BCUT2D eigenvalue weighted by Gasteiger charge is 2.47. The SMILES string of the molecule is CCNC(=O)[C@H]1O[C@@H](n2cnc3c(N)nc(C#CCC4CCN(C(=O)OC5CCNC5=O)CC4)nc32)[C@H](O)[C@@H]1O. The van der Waals surface area contributed by atoms with Crippen molar-refractivity contribution in [3.8, 4) is 11.8 Å². The van der Waals surface area contributed by atoms with Crippen molar-refractivity contribution in [1.82, 2.24) is 35.1 Å². The Morgan fingerprint density at radius 3 is 2.73 bits per heavy atom. The lowest BCUT2D eigenvalue weighted by molar-refractivity contribution is -0.137. The molecule has 6 N–H and O–H groups in total. The monoisotopic (exact) mass is 556 g/mol. The molecule has 15 nitrogen and oxygen atoms in total. The normalized spacial score (nSPS) is 26.8. The van der Waals surface area contributed by atoms with E-state index in [1.54, 1.807) is 11.8 Å². The Bertz CT molecular complexity index is 1350. The molecule has 2 aromatic heterocycles. The number of anilines is 1. The third-order valence-electron chi connectivity index (χ3n) is 7.28. The number of imidazole rings is 1. The number of fused-ring (bicyclic) bond motifs is 1. The number of aliphatic hydroxyl groups excluding tert-OH is 2. The number of nitrogens with zero attached hydrogens (tertiary/aromatic N) is 5. The van der Waals surface area contributed by atoms with Gasteiger partial charge in [-0.1, -0.05) is 5.92 Å². The van der Waals surface area contributed by atoms with E-state index >= 15 is 0 Å². The number of amides is 3. The molecule has 3 amide bonds. The van der Waals surface area contributed by atoms with Crippen LogP contribution in [-0.4, -0.2) is 103 Å². The van der Waals surface area contributed by atoms with Gasteiger partial charge in [-0.2, -0.15) is 0 Å². The first-order valence-corrected chi connectivity index (χ1v) is 13.3. The fraction of sp³-hybridized carbons (Fsp3) is 0.600. The lowest BCUT2D eigenvalue weighted by Crippen LogP contribution is -2.42. The fourth-order valence-electron chi connectivity index (χ4n) is 5.04. The molecular formula is C25H32N8O7. The number of carbonyl (C=O) groups excluding carboxylic acids is 3. The van der Waals surface area contributed by atoms with E-state index in [1.807, 2.05) is 0 Å². The summed E-state index contributed by atoms with van der Waals surface area (Å²) < 4.78 is 12.4. The van der Waals surface area contributed by atoms with Gasteiger partial charge < -0.3 is 41.0 Å². The van der Waals surface area contributed by atoms with Crippen LogP contribution in [-0.2, 0) is 19.1 Å². The van der Waals surface area contributed by atoms with E-state index < -0.39 is 42.6 Å². The molecule has 3 fully saturated rings. The van der Waals surface area contributed by atoms with Crippen molar-refractivity contribution in [2.75, 3.05) is 31.9 Å². The molecule has 0 bridgehead atoms. The first-order chi connectivity index (χ1) is 19.3. The zero-order valence-electron chi connectivity index (χ0n) is 21.9. The number of piperidine rings is 1. The number of aromatic nitrogens is 4. The predicted molar refractivity (Wildman–Crippen MR) is 138 cm³/mol. The number of nitrogens with one attached hydrogen (secondary N) is 2. The standard InChI is InChI=1S/C25H32N8O7/c1-2-27-23(37)19-17(34)18(35)24(40-19)33-12-29-16-20(26)30-15(31-21(16)33)5-3-4-13-7-10-32(11-8-13)25(38)39-14-6-9-28-22(14)36/h12-14,17-19,24,34-35H,2,4,6-11H2,1H3,(H,27,37)(H,28,36)(H2,26,30,31)/t14?,17-,18+,19-,24+/m0/s1. The molecule has 3 aliphatic rings. The Morgan fingerprint density at radius 1 is 1.25 bits per heavy atom.